The number of hydrogen-bond acceptors (Lipinski definition) is 4. The summed E-state index contributed by atoms with van der Waals surface area (Å²) in [5, 5.41) is 1.30. The molecule has 1 N–H and O–H groups in total. The number of carbonyl (C=O) groups is 1. The van der Waals surface area contributed by atoms with Crippen LogP contribution in [0.1, 0.15) is 22.8 Å². The number of sulfonamides is 1. The second-order valence-electron chi connectivity index (χ2n) is 6.88. The first-order valence-electron chi connectivity index (χ1n) is 9.24. The van der Waals surface area contributed by atoms with Crippen molar-refractivity contribution in [2.75, 3.05) is 25.4 Å². The van der Waals surface area contributed by atoms with Crippen molar-refractivity contribution in [3.8, 4) is 5.75 Å². The van der Waals surface area contributed by atoms with Gasteiger partial charge in [0, 0.05) is 30.4 Å². The van der Waals surface area contributed by atoms with E-state index in [-0.39, 0.29) is 10.8 Å². The Hall–Kier alpha value is -3.06. The van der Waals surface area contributed by atoms with E-state index >= 15 is 0 Å². The van der Waals surface area contributed by atoms with E-state index in [1.807, 2.05) is 19.1 Å². The molecule has 0 spiro atoms. The van der Waals surface area contributed by atoms with Crippen LogP contribution in [-0.2, 0) is 10.0 Å². The average molecular weight is 413 g/mol. The monoisotopic (exact) mass is 412 g/mol. The predicted octanol–water partition coefficient (Wildman–Crippen LogP) is 4.05. The zero-order valence-electron chi connectivity index (χ0n) is 16.9. The summed E-state index contributed by atoms with van der Waals surface area (Å²) in [6, 6.07) is 15.4. The molecule has 3 rings (SSSR count). The summed E-state index contributed by atoms with van der Waals surface area (Å²) >= 11 is 0. The van der Waals surface area contributed by atoms with Crippen LogP contribution in [0.4, 0.5) is 5.69 Å². The number of benzene rings is 3. The lowest BCUT2D eigenvalue weighted by atomic mass is 10.1. The normalized spacial score (nSPS) is 11.3. The Kier molecular flexibility index (Phi) is 5.79. The molecule has 0 aliphatic rings. The van der Waals surface area contributed by atoms with Gasteiger partial charge >= 0.3 is 0 Å². The fraction of sp³-hybridized carbons (Fsp3) is 0.227. The first-order valence-corrected chi connectivity index (χ1v) is 10.7. The Labute approximate surface area is 171 Å². The quantitative estimate of drug-likeness (QED) is 0.663. The minimum Gasteiger partial charge on any atom is -0.493 e. The highest BCUT2D eigenvalue weighted by atomic mass is 32.2. The first-order chi connectivity index (χ1) is 13.7. The molecule has 0 aliphatic carbocycles. The van der Waals surface area contributed by atoms with Gasteiger partial charge in [-0.2, -0.15) is 0 Å². The number of nitrogens with zero attached hydrogens (tertiary/aromatic N) is 1. The van der Waals surface area contributed by atoms with Crippen LogP contribution in [0, 0.1) is 6.92 Å². The number of anilines is 1. The lowest BCUT2D eigenvalue weighted by molar-refractivity contribution is 0.0827. The second kappa shape index (κ2) is 8.13. The van der Waals surface area contributed by atoms with Gasteiger partial charge in [-0.3, -0.25) is 9.52 Å². The Balaban J connectivity index is 2.07. The summed E-state index contributed by atoms with van der Waals surface area (Å²) in [6.07, 6.45) is 0. The molecular weight excluding hydrogens is 388 g/mol. The van der Waals surface area contributed by atoms with Crippen molar-refractivity contribution in [3.63, 3.8) is 0 Å². The predicted molar refractivity (Wildman–Crippen MR) is 115 cm³/mol. The maximum atomic E-state index is 13.2. The average Bonchev–Trinajstić information content (AvgIpc) is 2.69. The first kappa shape index (κ1) is 20.7. The van der Waals surface area contributed by atoms with E-state index in [1.54, 1.807) is 63.5 Å². The third kappa shape index (κ3) is 4.19. The van der Waals surface area contributed by atoms with Gasteiger partial charge in [0.15, 0.2) is 0 Å². The van der Waals surface area contributed by atoms with Crippen molar-refractivity contribution in [2.45, 2.75) is 18.7 Å². The zero-order chi connectivity index (χ0) is 21.2. The molecule has 0 bridgehead atoms. The molecule has 0 unspecified atom stereocenters. The Morgan fingerprint density at radius 3 is 2.38 bits per heavy atom. The number of nitrogens with one attached hydrogen (secondary N) is 1. The standard InChI is InChI=1S/C22H24N2O4S/c1-5-28-20-12-13-21(18-9-7-6-8-17(18)20)29(26,27)23-19-14-16(11-10-15(19)2)22(25)24(3)4/h6-14,23H,5H2,1-4H3. The Morgan fingerprint density at radius 2 is 1.72 bits per heavy atom. The SMILES string of the molecule is CCOc1ccc(S(=O)(=O)Nc2cc(C(=O)N(C)C)ccc2C)c2ccccc12. The summed E-state index contributed by atoms with van der Waals surface area (Å²) < 4.78 is 34.7. The highest BCUT2D eigenvalue weighted by molar-refractivity contribution is 7.93. The highest BCUT2D eigenvalue weighted by Crippen LogP contribution is 2.32. The van der Waals surface area contributed by atoms with Gasteiger partial charge in [-0.15, -0.1) is 0 Å². The summed E-state index contributed by atoms with van der Waals surface area (Å²) in [4.78, 5) is 13.9. The molecule has 0 saturated carbocycles. The number of fused-ring (bicyclic) bond motifs is 1. The topological polar surface area (TPSA) is 75.7 Å². The molecule has 0 saturated heterocycles. The fourth-order valence-corrected chi connectivity index (χ4v) is 4.42. The van der Waals surface area contributed by atoms with E-state index in [4.69, 9.17) is 4.74 Å². The molecular formula is C22H24N2O4S. The lowest BCUT2D eigenvalue weighted by Gasteiger charge is -2.16. The van der Waals surface area contributed by atoms with E-state index in [1.165, 1.54) is 4.90 Å². The molecule has 0 radical (unpaired) electrons. The van der Waals surface area contributed by atoms with Gasteiger partial charge in [0.05, 0.1) is 17.2 Å². The van der Waals surface area contributed by atoms with E-state index in [0.717, 1.165) is 10.9 Å². The Bertz CT molecular complexity index is 1170. The van der Waals surface area contributed by atoms with Crippen molar-refractivity contribution in [1.82, 2.24) is 4.90 Å². The molecule has 6 nitrogen and oxygen atoms in total. The largest absolute Gasteiger partial charge is 0.493 e. The molecule has 29 heavy (non-hydrogen) atoms. The van der Waals surface area contributed by atoms with E-state index in [9.17, 15) is 13.2 Å². The number of amides is 1. The third-order valence-electron chi connectivity index (χ3n) is 4.57. The molecule has 3 aromatic carbocycles. The van der Waals surface area contributed by atoms with Gasteiger partial charge < -0.3 is 9.64 Å². The van der Waals surface area contributed by atoms with E-state index < -0.39 is 10.0 Å². The molecule has 3 aromatic rings. The van der Waals surface area contributed by atoms with Gasteiger partial charge in [0.25, 0.3) is 15.9 Å². The van der Waals surface area contributed by atoms with Crippen molar-refractivity contribution < 1.29 is 17.9 Å². The van der Waals surface area contributed by atoms with Crippen molar-refractivity contribution >= 4 is 32.4 Å². The molecule has 0 aromatic heterocycles. The number of rotatable bonds is 6. The van der Waals surface area contributed by atoms with Gasteiger partial charge in [-0.1, -0.05) is 30.3 Å². The second-order valence-corrected chi connectivity index (χ2v) is 8.53. The number of aryl methyl sites for hydroxylation is 1. The molecule has 0 atom stereocenters. The highest BCUT2D eigenvalue weighted by Gasteiger charge is 2.21. The van der Waals surface area contributed by atoms with Crippen molar-refractivity contribution in [2.24, 2.45) is 0 Å². The molecule has 152 valence electrons. The summed E-state index contributed by atoms with van der Waals surface area (Å²) in [5.74, 6) is 0.439. The van der Waals surface area contributed by atoms with Crippen LogP contribution < -0.4 is 9.46 Å². The van der Waals surface area contributed by atoms with Gasteiger partial charge in [0.1, 0.15) is 5.75 Å². The van der Waals surface area contributed by atoms with Gasteiger partial charge in [-0.25, -0.2) is 8.42 Å². The fourth-order valence-electron chi connectivity index (χ4n) is 3.08. The number of carbonyl (C=O) groups excluding carboxylic acids is 1. The van der Waals surface area contributed by atoms with Crippen LogP contribution in [0.2, 0.25) is 0 Å². The van der Waals surface area contributed by atoms with Crippen LogP contribution in [0.25, 0.3) is 10.8 Å². The van der Waals surface area contributed by atoms with Gasteiger partial charge in [0.2, 0.25) is 0 Å². The summed E-state index contributed by atoms with van der Waals surface area (Å²) in [5.41, 5.74) is 1.50. The van der Waals surface area contributed by atoms with E-state index in [0.29, 0.717) is 29.0 Å². The van der Waals surface area contributed by atoms with Crippen LogP contribution in [0.3, 0.4) is 0 Å². The molecule has 1 amide bonds. The molecule has 0 heterocycles. The molecule has 0 fully saturated rings. The molecule has 0 aliphatic heterocycles. The van der Waals surface area contributed by atoms with Crippen LogP contribution in [-0.4, -0.2) is 39.9 Å². The van der Waals surface area contributed by atoms with Crippen molar-refractivity contribution in [1.29, 1.82) is 0 Å². The minimum absolute atomic E-state index is 0.153. The zero-order valence-corrected chi connectivity index (χ0v) is 17.7. The summed E-state index contributed by atoms with van der Waals surface area (Å²) in [7, 11) is -0.586. The Morgan fingerprint density at radius 1 is 1.03 bits per heavy atom. The van der Waals surface area contributed by atoms with Crippen molar-refractivity contribution in [3.05, 3.63) is 65.7 Å². The van der Waals surface area contributed by atoms with Crippen LogP contribution in [0.5, 0.6) is 5.75 Å². The minimum atomic E-state index is -3.89. The maximum Gasteiger partial charge on any atom is 0.262 e. The van der Waals surface area contributed by atoms with E-state index in [2.05, 4.69) is 4.72 Å². The van der Waals surface area contributed by atoms with Crippen LogP contribution >= 0.6 is 0 Å². The molecule has 7 heteroatoms. The third-order valence-corrected chi connectivity index (χ3v) is 5.99. The van der Waals surface area contributed by atoms with Crippen LogP contribution in [0.15, 0.2) is 59.5 Å². The maximum absolute atomic E-state index is 13.2. The van der Waals surface area contributed by atoms with Gasteiger partial charge in [-0.05, 0) is 43.7 Å². The summed E-state index contributed by atoms with van der Waals surface area (Å²) in [6.45, 7) is 4.16. The number of ether oxygens (including phenoxy) is 1. The number of hydrogen-bond donors (Lipinski definition) is 1. The lowest BCUT2D eigenvalue weighted by Crippen LogP contribution is -2.22. The smallest absolute Gasteiger partial charge is 0.262 e.